The number of hydrogen-bond donors (Lipinski definition) is 1. The van der Waals surface area contributed by atoms with Crippen LogP contribution in [-0.4, -0.2) is 12.2 Å². The van der Waals surface area contributed by atoms with Crippen LogP contribution >= 0.6 is 0 Å². The second-order valence-electron chi connectivity index (χ2n) is 3.60. The van der Waals surface area contributed by atoms with Gasteiger partial charge in [-0.15, -0.1) is 0 Å². The van der Waals surface area contributed by atoms with Gasteiger partial charge in [-0.25, -0.2) is 0 Å². The monoisotopic (exact) mass is 243 g/mol. The predicted molar refractivity (Wildman–Crippen MR) is 67.1 cm³/mol. The minimum atomic E-state index is -1.14. The maximum Gasteiger partial charge on any atom is 0.321 e. The van der Waals surface area contributed by atoms with E-state index in [2.05, 4.69) is 0 Å². The van der Waals surface area contributed by atoms with E-state index >= 15 is 0 Å². The minimum Gasteiger partial charge on any atom is -0.446 e. The van der Waals surface area contributed by atoms with Crippen molar-refractivity contribution in [1.29, 1.82) is 0 Å². The standard InChI is InChI=1S/C14H13NO3/c15-13(16)14(17-11-7-3-1-4-8-11)18-12-9-5-2-6-10-12/h1-10,14H,(H2,15,16). The van der Waals surface area contributed by atoms with E-state index in [4.69, 9.17) is 15.2 Å². The molecule has 0 unspecified atom stereocenters. The molecule has 0 radical (unpaired) electrons. The minimum absolute atomic E-state index is 0.525. The summed E-state index contributed by atoms with van der Waals surface area (Å²) in [5.41, 5.74) is 5.24. The lowest BCUT2D eigenvalue weighted by atomic mass is 10.3. The van der Waals surface area contributed by atoms with Gasteiger partial charge in [0.2, 0.25) is 0 Å². The van der Waals surface area contributed by atoms with E-state index in [0.29, 0.717) is 11.5 Å². The first-order valence-electron chi connectivity index (χ1n) is 5.48. The molecule has 92 valence electrons. The fraction of sp³-hybridized carbons (Fsp3) is 0.0714. The van der Waals surface area contributed by atoms with Crippen LogP contribution in [-0.2, 0) is 4.79 Å². The van der Waals surface area contributed by atoms with Gasteiger partial charge in [0.15, 0.2) is 0 Å². The second kappa shape index (κ2) is 5.72. The zero-order chi connectivity index (χ0) is 12.8. The molecule has 4 heteroatoms. The van der Waals surface area contributed by atoms with E-state index in [1.807, 2.05) is 12.1 Å². The number of nitrogens with two attached hydrogens (primary N) is 1. The lowest BCUT2D eigenvalue weighted by molar-refractivity contribution is -0.136. The lowest BCUT2D eigenvalue weighted by Crippen LogP contribution is -2.38. The molecule has 0 saturated heterocycles. The Kier molecular flexibility index (Phi) is 3.81. The number of amides is 1. The summed E-state index contributed by atoms with van der Waals surface area (Å²) in [6.07, 6.45) is -1.14. The van der Waals surface area contributed by atoms with Crippen LogP contribution in [0.25, 0.3) is 0 Å². The van der Waals surface area contributed by atoms with Crippen LogP contribution in [0.15, 0.2) is 60.7 Å². The molecule has 0 heterocycles. The summed E-state index contributed by atoms with van der Waals surface area (Å²) >= 11 is 0. The van der Waals surface area contributed by atoms with E-state index in [0.717, 1.165) is 0 Å². The summed E-state index contributed by atoms with van der Waals surface area (Å²) in [6, 6.07) is 17.8. The highest BCUT2D eigenvalue weighted by Gasteiger charge is 2.18. The van der Waals surface area contributed by atoms with E-state index in [1.54, 1.807) is 48.5 Å². The molecule has 4 nitrogen and oxygen atoms in total. The Bertz CT molecular complexity index is 457. The molecule has 2 rings (SSSR count). The predicted octanol–water partition coefficient (Wildman–Crippen LogP) is 1.96. The topological polar surface area (TPSA) is 61.6 Å². The normalized spacial score (nSPS) is 10.1. The number of para-hydroxylation sites is 2. The molecule has 0 aliphatic heterocycles. The Hall–Kier alpha value is -2.49. The van der Waals surface area contributed by atoms with E-state index in [-0.39, 0.29) is 0 Å². The van der Waals surface area contributed by atoms with Crippen LogP contribution in [0.5, 0.6) is 11.5 Å². The molecule has 2 N–H and O–H groups in total. The van der Waals surface area contributed by atoms with Gasteiger partial charge in [-0.1, -0.05) is 36.4 Å². The number of ether oxygens (including phenoxy) is 2. The smallest absolute Gasteiger partial charge is 0.321 e. The summed E-state index contributed by atoms with van der Waals surface area (Å²) in [5.74, 6) is 0.372. The quantitative estimate of drug-likeness (QED) is 0.816. The van der Waals surface area contributed by atoms with Gasteiger partial charge in [0.05, 0.1) is 0 Å². The van der Waals surface area contributed by atoms with Crippen molar-refractivity contribution in [2.75, 3.05) is 0 Å². The molecular formula is C14H13NO3. The summed E-state index contributed by atoms with van der Waals surface area (Å²) in [5, 5.41) is 0. The van der Waals surface area contributed by atoms with Gasteiger partial charge in [0, 0.05) is 0 Å². The molecule has 18 heavy (non-hydrogen) atoms. The SMILES string of the molecule is NC(=O)C(Oc1ccccc1)Oc1ccccc1. The number of primary amides is 1. The Morgan fingerprint density at radius 1 is 0.833 bits per heavy atom. The first-order valence-corrected chi connectivity index (χ1v) is 5.48. The highest BCUT2D eigenvalue weighted by atomic mass is 16.7. The van der Waals surface area contributed by atoms with Gasteiger partial charge in [-0.05, 0) is 24.3 Å². The average Bonchev–Trinajstić information content (AvgIpc) is 2.40. The van der Waals surface area contributed by atoms with Crippen molar-refractivity contribution < 1.29 is 14.3 Å². The Morgan fingerprint density at radius 2 is 1.22 bits per heavy atom. The van der Waals surface area contributed by atoms with Gasteiger partial charge in [-0.3, -0.25) is 4.79 Å². The number of carbonyl (C=O) groups is 1. The summed E-state index contributed by atoms with van der Waals surface area (Å²) < 4.78 is 10.8. The maximum atomic E-state index is 11.3. The third-order valence-corrected chi connectivity index (χ3v) is 2.20. The molecule has 0 aromatic heterocycles. The highest BCUT2D eigenvalue weighted by molar-refractivity contribution is 5.78. The van der Waals surface area contributed by atoms with Crippen LogP contribution in [0.3, 0.4) is 0 Å². The summed E-state index contributed by atoms with van der Waals surface area (Å²) in [6.45, 7) is 0. The molecule has 0 spiro atoms. The van der Waals surface area contributed by atoms with Crippen LogP contribution in [0.4, 0.5) is 0 Å². The number of rotatable bonds is 5. The molecule has 0 aliphatic carbocycles. The van der Waals surface area contributed by atoms with Crippen molar-refractivity contribution in [3.05, 3.63) is 60.7 Å². The third-order valence-electron chi connectivity index (χ3n) is 2.20. The van der Waals surface area contributed by atoms with Crippen molar-refractivity contribution in [2.24, 2.45) is 5.73 Å². The first kappa shape index (κ1) is 12.0. The average molecular weight is 243 g/mol. The first-order chi connectivity index (χ1) is 8.75. The molecule has 0 saturated carbocycles. The van der Waals surface area contributed by atoms with Crippen molar-refractivity contribution >= 4 is 5.91 Å². The Balaban J connectivity index is 2.08. The highest BCUT2D eigenvalue weighted by Crippen LogP contribution is 2.15. The Labute approximate surface area is 105 Å². The zero-order valence-electron chi connectivity index (χ0n) is 9.65. The largest absolute Gasteiger partial charge is 0.446 e. The molecule has 1 amide bonds. The van der Waals surface area contributed by atoms with Gasteiger partial charge in [0.1, 0.15) is 11.5 Å². The van der Waals surface area contributed by atoms with E-state index in [9.17, 15) is 4.79 Å². The summed E-state index contributed by atoms with van der Waals surface area (Å²) in [4.78, 5) is 11.3. The number of carbonyl (C=O) groups excluding carboxylic acids is 1. The maximum absolute atomic E-state index is 11.3. The zero-order valence-corrected chi connectivity index (χ0v) is 9.65. The fourth-order valence-electron chi connectivity index (χ4n) is 1.39. The Morgan fingerprint density at radius 3 is 1.56 bits per heavy atom. The van der Waals surface area contributed by atoms with Crippen LogP contribution in [0, 0.1) is 0 Å². The van der Waals surface area contributed by atoms with Crippen molar-refractivity contribution in [3.63, 3.8) is 0 Å². The van der Waals surface area contributed by atoms with Gasteiger partial charge in [0.25, 0.3) is 5.91 Å². The lowest BCUT2D eigenvalue weighted by Gasteiger charge is -2.17. The molecule has 2 aromatic carbocycles. The third kappa shape index (κ3) is 3.25. The fourth-order valence-corrected chi connectivity index (χ4v) is 1.39. The number of benzene rings is 2. The number of hydrogen-bond acceptors (Lipinski definition) is 3. The van der Waals surface area contributed by atoms with Gasteiger partial charge in [-0.2, -0.15) is 0 Å². The molecular weight excluding hydrogens is 230 g/mol. The molecule has 0 atom stereocenters. The molecule has 0 fully saturated rings. The van der Waals surface area contributed by atoms with Crippen LogP contribution in [0.1, 0.15) is 0 Å². The van der Waals surface area contributed by atoms with E-state index < -0.39 is 12.2 Å². The molecule has 0 aliphatic rings. The van der Waals surface area contributed by atoms with E-state index in [1.165, 1.54) is 0 Å². The van der Waals surface area contributed by atoms with Crippen LogP contribution < -0.4 is 15.2 Å². The molecule has 0 bridgehead atoms. The van der Waals surface area contributed by atoms with Gasteiger partial charge < -0.3 is 15.2 Å². The van der Waals surface area contributed by atoms with Gasteiger partial charge >= 0.3 is 6.29 Å². The molecule has 2 aromatic rings. The summed E-state index contributed by atoms with van der Waals surface area (Å²) in [7, 11) is 0. The van der Waals surface area contributed by atoms with Crippen molar-refractivity contribution in [3.8, 4) is 11.5 Å². The van der Waals surface area contributed by atoms with Crippen LogP contribution in [0.2, 0.25) is 0 Å². The van der Waals surface area contributed by atoms with Crippen molar-refractivity contribution in [1.82, 2.24) is 0 Å². The van der Waals surface area contributed by atoms with Crippen molar-refractivity contribution in [2.45, 2.75) is 6.29 Å². The second-order valence-corrected chi connectivity index (χ2v) is 3.60.